The Morgan fingerprint density at radius 1 is 1.35 bits per heavy atom. The fourth-order valence-corrected chi connectivity index (χ4v) is 1.62. The van der Waals surface area contributed by atoms with Crippen molar-refractivity contribution in [3.8, 4) is 0 Å². The fourth-order valence-electron chi connectivity index (χ4n) is 1.62. The third-order valence-electron chi connectivity index (χ3n) is 2.52. The van der Waals surface area contributed by atoms with Crippen LogP contribution in [0.5, 0.6) is 0 Å². The van der Waals surface area contributed by atoms with Crippen LogP contribution in [0.2, 0.25) is 0 Å². The van der Waals surface area contributed by atoms with Gasteiger partial charge in [-0.3, -0.25) is 4.99 Å². The van der Waals surface area contributed by atoms with Crippen LogP contribution in [-0.4, -0.2) is 20.6 Å². The maximum Gasteiger partial charge on any atom is 0.157 e. The molecule has 2 aromatic rings. The Balaban J connectivity index is 2.23. The maximum absolute atomic E-state index is 5.94. The molecule has 88 valence electrons. The van der Waals surface area contributed by atoms with Crippen molar-refractivity contribution in [2.75, 3.05) is 0 Å². The van der Waals surface area contributed by atoms with Crippen LogP contribution in [-0.2, 0) is 7.05 Å². The average Bonchev–Trinajstić information content (AvgIpc) is 2.76. The summed E-state index contributed by atoms with van der Waals surface area (Å²) in [6.07, 6.45) is 1.65. The highest BCUT2D eigenvalue weighted by atomic mass is 15.3. The van der Waals surface area contributed by atoms with Crippen molar-refractivity contribution < 1.29 is 0 Å². The van der Waals surface area contributed by atoms with E-state index in [1.807, 2.05) is 48.9 Å². The normalized spacial score (nSPS) is 13.6. The molecule has 0 amide bonds. The zero-order valence-electron chi connectivity index (χ0n) is 9.91. The van der Waals surface area contributed by atoms with Gasteiger partial charge in [0.15, 0.2) is 5.82 Å². The molecule has 1 atom stereocenters. The van der Waals surface area contributed by atoms with Gasteiger partial charge in [-0.2, -0.15) is 0 Å². The van der Waals surface area contributed by atoms with Gasteiger partial charge in [0.2, 0.25) is 0 Å². The number of aromatic nitrogens is 3. The van der Waals surface area contributed by atoms with Crippen LogP contribution in [0, 0.1) is 0 Å². The zero-order chi connectivity index (χ0) is 12.3. The largest absolute Gasteiger partial charge is 0.383 e. The van der Waals surface area contributed by atoms with E-state index < -0.39 is 0 Å². The molecule has 2 rings (SSSR count). The van der Waals surface area contributed by atoms with E-state index in [0.29, 0.717) is 5.84 Å². The van der Waals surface area contributed by atoms with E-state index >= 15 is 0 Å². The van der Waals surface area contributed by atoms with Crippen LogP contribution in [0.1, 0.15) is 24.4 Å². The fraction of sp³-hybridized carbons (Fsp3) is 0.250. The molecule has 0 radical (unpaired) electrons. The van der Waals surface area contributed by atoms with Crippen molar-refractivity contribution in [3.05, 3.63) is 48.0 Å². The molecule has 0 spiro atoms. The SMILES string of the molecule is CC(N=C(N)c1ccccc1)c1nncn1C. The number of aryl methyl sites for hydroxylation is 1. The van der Waals surface area contributed by atoms with E-state index in [4.69, 9.17) is 5.73 Å². The van der Waals surface area contributed by atoms with Gasteiger partial charge in [0.05, 0.1) is 0 Å². The predicted molar refractivity (Wildman–Crippen MR) is 66.6 cm³/mol. The van der Waals surface area contributed by atoms with Crippen molar-refractivity contribution in [2.24, 2.45) is 17.8 Å². The Labute approximate surface area is 100 Å². The topological polar surface area (TPSA) is 69.1 Å². The van der Waals surface area contributed by atoms with Crippen molar-refractivity contribution in [1.82, 2.24) is 14.8 Å². The van der Waals surface area contributed by atoms with Crippen LogP contribution >= 0.6 is 0 Å². The maximum atomic E-state index is 5.94. The monoisotopic (exact) mass is 229 g/mol. The van der Waals surface area contributed by atoms with Crippen molar-refractivity contribution in [2.45, 2.75) is 13.0 Å². The van der Waals surface area contributed by atoms with Gasteiger partial charge < -0.3 is 10.3 Å². The summed E-state index contributed by atoms with van der Waals surface area (Å²) in [7, 11) is 1.89. The number of nitrogens with zero attached hydrogens (tertiary/aromatic N) is 4. The van der Waals surface area contributed by atoms with Gasteiger partial charge in [-0.15, -0.1) is 10.2 Å². The van der Waals surface area contributed by atoms with E-state index in [0.717, 1.165) is 11.4 Å². The third-order valence-corrected chi connectivity index (χ3v) is 2.52. The molecule has 0 fully saturated rings. The molecule has 5 heteroatoms. The van der Waals surface area contributed by atoms with Crippen molar-refractivity contribution in [3.63, 3.8) is 0 Å². The minimum Gasteiger partial charge on any atom is -0.383 e. The Hall–Kier alpha value is -2.17. The van der Waals surface area contributed by atoms with Crippen LogP contribution in [0.3, 0.4) is 0 Å². The lowest BCUT2D eigenvalue weighted by atomic mass is 10.2. The lowest BCUT2D eigenvalue weighted by molar-refractivity contribution is 0.685. The molecule has 1 aromatic heterocycles. The minimum atomic E-state index is -0.109. The van der Waals surface area contributed by atoms with E-state index in [2.05, 4.69) is 15.2 Å². The standard InChI is InChI=1S/C12H15N5/c1-9(12-16-14-8-17(12)2)15-11(13)10-6-4-3-5-7-10/h3-9H,1-2H3,(H2,13,15). The predicted octanol–water partition coefficient (Wildman–Crippen LogP) is 1.28. The molecule has 1 unspecified atom stereocenters. The summed E-state index contributed by atoms with van der Waals surface area (Å²) in [5.74, 6) is 1.31. The molecule has 0 aliphatic rings. The van der Waals surface area contributed by atoms with E-state index in [-0.39, 0.29) is 6.04 Å². The highest BCUT2D eigenvalue weighted by Crippen LogP contribution is 2.13. The number of benzene rings is 1. The highest BCUT2D eigenvalue weighted by Gasteiger charge is 2.10. The number of rotatable bonds is 3. The van der Waals surface area contributed by atoms with Gasteiger partial charge in [0.1, 0.15) is 18.2 Å². The van der Waals surface area contributed by atoms with Gasteiger partial charge in [0.25, 0.3) is 0 Å². The molecule has 0 saturated heterocycles. The quantitative estimate of drug-likeness (QED) is 0.636. The van der Waals surface area contributed by atoms with Crippen LogP contribution in [0.4, 0.5) is 0 Å². The zero-order valence-corrected chi connectivity index (χ0v) is 9.91. The number of aliphatic imine (C=N–C) groups is 1. The first-order valence-electron chi connectivity index (χ1n) is 5.41. The van der Waals surface area contributed by atoms with Crippen molar-refractivity contribution in [1.29, 1.82) is 0 Å². The molecule has 0 aliphatic heterocycles. The van der Waals surface area contributed by atoms with E-state index in [9.17, 15) is 0 Å². The molecule has 2 N–H and O–H groups in total. The summed E-state index contributed by atoms with van der Waals surface area (Å²) in [6.45, 7) is 1.94. The van der Waals surface area contributed by atoms with E-state index in [1.165, 1.54) is 0 Å². The van der Waals surface area contributed by atoms with Gasteiger partial charge in [-0.05, 0) is 6.92 Å². The summed E-state index contributed by atoms with van der Waals surface area (Å²) in [4.78, 5) is 4.42. The second-order valence-electron chi connectivity index (χ2n) is 3.86. The van der Waals surface area contributed by atoms with Gasteiger partial charge in [0, 0.05) is 12.6 Å². The van der Waals surface area contributed by atoms with Crippen molar-refractivity contribution >= 4 is 5.84 Å². The van der Waals surface area contributed by atoms with E-state index in [1.54, 1.807) is 6.33 Å². The molecule has 0 bridgehead atoms. The Morgan fingerprint density at radius 2 is 2.06 bits per heavy atom. The number of nitrogens with two attached hydrogens (primary N) is 1. The molecule has 0 saturated carbocycles. The Bertz CT molecular complexity index is 515. The lowest BCUT2D eigenvalue weighted by Gasteiger charge is -2.07. The summed E-state index contributed by atoms with van der Waals surface area (Å²) >= 11 is 0. The first-order valence-corrected chi connectivity index (χ1v) is 5.41. The second kappa shape index (κ2) is 4.78. The van der Waals surface area contributed by atoms with Crippen LogP contribution < -0.4 is 5.73 Å². The molecule has 17 heavy (non-hydrogen) atoms. The second-order valence-corrected chi connectivity index (χ2v) is 3.86. The van der Waals surface area contributed by atoms with Gasteiger partial charge in [-0.25, -0.2) is 0 Å². The third kappa shape index (κ3) is 2.50. The smallest absolute Gasteiger partial charge is 0.157 e. The van der Waals surface area contributed by atoms with Gasteiger partial charge in [-0.1, -0.05) is 30.3 Å². The summed E-state index contributed by atoms with van der Waals surface area (Å²) in [5.41, 5.74) is 6.86. The number of amidine groups is 1. The van der Waals surface area contributed by atoms with Crippen LogP contribution in [0.15, 0.2) is 41.7 Å². The molecule has 1 heterocycles. The average molecular weight is 229 g/mol. The summed E-state index contributed by atoms with van der Waals surface area (Å²) in [5, 5.41) is 7.84. The highest BCUT2D eigenvalue weighted by molar-refractivity contribution is 5.97. The molecular weight excluding hydrogens is 214 g/mol. The summed E-state index contributed by atoms with van der Waals surface area (Å²) in [6, 6.07) is 9.57. The first kappa shape index (κ1) is 11.3. The number of hydrogen-bond donors (Lipinski definition) is 1. The molecular formula is C12H15N5. The van der Waals surface area contributed by atoms with Crippen LogP contribution in [0.25, 0.3) is 0 Å². The molecule has 0 aliphatic carbocycles. The minimum absolute atomic E-state index is 0.109. The summed E-state index contributed by atoms with van der Waals surface area (Å²) < 4.78 is 1.84. The first-order chi connectivity index (χ1) is 8.18. The lowest BCUT2D eigenvalue weighted by Crippen LogP contribution is -2.15. The Morgan fingerprint density at radius 3 is 2.65 bits per heavy atom. The van der Waals surface area contributed by atoms with Gasteiger partial charge >= 0.3 is 0 Å². The molecule has 5 nitrogen and oxygen atoms in total. The Kier molecular flexibility index (Phi) is 3.18. The molecule has 1 aromatic carbocycles. The number of hydrogen-bond acceptors (Lipinski definition) is 3.